The first kappa shape index (κ1) is 15.7. The van der Waals surface area contributed by atoms with Crippen LogP contribution >= 0.6 is 11.6 Å². The Balaban J connectivity index is 2.17. The van der Waals surface area contributed by atoms with Crippen molar-refractivity contribution in [2.24, 2.45) is 7.05 Å². The molecule has 1 aromatic carbocycles. The Bertz CT molecular complexity index is 629. The summed E-state index contributed by atoms with van der Waals surface area (Å²) in [6.07, 6.45) is 2.06. The first-order valence-corrected chi connectivity index (χ1v) is 7.29. The number of hydrogen-bond acceptors (Lipinski definition) is 3. The van der Waals surface area contributed by atoms with E-state index < -0.39 is 0 Å². The lowest BCUT2D eigenvalue weighted by Gasteiger charge is -2.18. The molecule has 0 radical (unpaired) electrons. The maximum atomic E-state index is 6.04. The van der Waals surface area contributed by atoms with Crippen LogP contribution in [0.4, 0.5) is 5.69 Å². The first-order valence-electron chi connectivity index (χ1n) is 6.91. The summed E-state index contributed by atoms with van der Waals surface area (Å²) in [6.45, 7) is 7.23. The van der Waals surface area contributed by atoms with Gasteiger partial charge >= 0.3 is 0 Å². The van der Waals surface area contributed by atoms with Crippen molar-refractivity contribution in [1.29, 1.82) is 0 Å². The molecule has 0 saturated heterocycles. The molecule has 4 nitrogen and oxygen atoms in total. The number of ether oxygens (including phenoxy) is 1. The summed E-state index contributed by atoms with van der Waals surface area (Å²) in [6, 6.07) is 5.67. The van der Waals surface area contributed by atoms with Crippen LogP contribution in [0, 0.1) is 0 Å². The summed E-state index contributed by atoms with van der Waals surface area (Å²) in [5.41, 5.74) is 3.30. The third-order valence-electron chi connectivity index (χ3n) is 3.25. The minimum atomic E-state index is 0.0238. The van der Waals surface area contributed by atoms with Gasteiger partial charge in [-0.15, -0.1) is 0 Å². The van der Waals surface area contributed by atoms with Crippen LogP contribution in [0.25, 0.3) is 0 Å². The molecule has 0 fully saturated rings. The van der Waals surface area contributed by atoms with Crippen LogP contribution in [0.1, 0.15) is 32.0 Å². The molecule has 0 amide bonds. The van der Waals surface area contributed by atoms with Crippen molar-refractivity contribution >= 4 is 17.3 Å². The highest BCUT2D eigenvalue weighted by atomic mass is 35.5. The molecule has 0 saturated carbocycles. The molecule has 114 valence electrons. The number of anilines is 1. The van der Waals surface area contributed by atoms with Crippen LogP contribution in [-0.2, 0) is 19.0 Å². The van der Waals surface area contributed by atoms with E-state index in [0.29, 0.717) is 17.3 Å². The predicted molar refractivity (Wildman–Crippen MR) is 87.2 cm³/mol. The summed E-state index contributed by atoms with van der Waals surface area (Å²) in [4.78, 5) is 0. The Kier molecular flexibility index (Phi) is 4.47. The van der Waals surface area contributed by atoms with Gasteiger partial charge in [-0.05, 0) is 12.1 Å². The van der Waals surface area contributed by atoms with Gasteiger partial charge in [0.05, 0.1) is 17.8 Å². The second-order valence-electron chi connectivity index (χ2n) is 6.13. The van der Waals surface area contributed by atoms with Gasteiger partial charge in [0.1, 0.15) is 5.75 Å². The molecule has 2 rings (SSSR count). The highest BCUT2D eigenvalue weighted by molar-refractivity contribution is 6.32. The van der Waals surface area contributed by atoms with Crippen molar-refractivity contribution in [1.82, 2.24) is 9.78 Å². The van der Waals surface area contributed by atoms with E-state index in [4.69, 9.17) is 16.3 Å². The number of nitrogens with zero attached hydrogens (tertiary/aromatic N) is 2. The zero-order valence-corrected chi connectivity index (χ0v) is 14.0. The second kappa shape index (κ2) is 5.98. The van der Waals surface area contributed by atoms with Crippen molar-refractivity contribution in [3.63, 3.8) is 0 Å². The smallest absolute Gasteiger partial charge is 0.139 e. The summed E-state index contributed by atoms with van der Waals surface area (Å²) in [7, 11) is 3.56. The number of hydrogen-bond donors (Lipinski definition) is 1. The SMILES string of the molecule is COc1cc(NCc2cn(C)nc2C(C)(C)C)ccc1Cl. The number of methoxy groups -OCH3 is 1. The van der Waals surface area contributed by atoms with Gasteiger partial charge in [0.25, 0.3) is 0 Å². The van der Waals surface area contributed by atoms with Gasteiger partial charge in [0.15, 0.2) is 0 Å². The van der Waals surface area contributed by atoms with Crippen LogP contribution in [0.5, 0.6) is 5.75 Å². The molecule has 21 heavy (non-hydrogen) atoms. The van der Waals surface area contributed by atoms with E-state index in [9.17, 15) is 0 Å². The zero-order valence-electron chi connectivity index (χ0n) is 13.2. The number of benzene rings is 1. The average molecular weight is 308 g/mol. The lowest BCUT2D eigenvalue weighted by atomic mass is 9.89. The fraction of sp³-hybridized carbons (Fsp3) is 0.438. The Morgan fingerprint density at radius 1 is 1.33 bits per heavy atom. The monoisotopic (exact) mass is 307 g/mol. The molecular formula is C16H22ClN3O. The normalized spacial score (nSPS) is 11.5. The molecule has 0 spiro atoms. The second-order valence-corrected chi connectivity index (χ2v) is 6.54. The molecule has 5 heteroatoms. The lowest BCUT2D eigenvalue weighted by molar-refractivity contribution is 0.415. The van der Waals surface area contributed by atoms with Gasteiger partial charge in [-0.2, -0.15) is 5.10 Å². The highest BCUT2D eigenvalue weighted by Gasteiger charge is 2.21. The van der Waals surface area contributed by atoms with Crippen LogP contribution in [0.2, 0.25) is 5.02 Å². The molecule has 0 bridgehead atoms. The van der Waals surface area contributed by atoms with E-state index in [1.807, 2.05) is 29.9 Å². The maximum Gasteiger partial charge on any atom is 0.139 e. The van der Waals surface area contributed by atoms with Crippen LogP contribution in [-0.4, -0.2) is 16.9 Å². The molecule has 1 heterocycles. The van der Waals surface area contributed by atoms with Gasteiger partial charge in [-0.25, -0.2) is 0 Å². The van der Waals surface area contributed by atoms with E-state index in [2.05, 4.69) is 37.4 Å². The third kappa shape index (κ3) is 3.70. The number of rotatable bonds is 4. The van der Waals surface area contributed by atoms with E-state index >= 15 is 0 Å². The molecule has 2 aromatic rings. The molecule has 0 aliphatic heterocycles. The molecule has 0 unspecified atom stereocenters. The van der Waals surface area contributed by atoms with E-state index in [-0.39, 0.29) is 5.41 Å². The summed E-state index contributed by atoms with van der Waals surface area (Å²) < 4.78 is 7.09. The quantitative estimate of drug-likeness (QED) is 0.928. The minimum absolute atomic E-state index is 0.0238. The summed E-state index contributed by atoms with van der Waals surface area (Å²) >= 11 is 6.04. The maximum absolute atomic E-state index is 6.04. The molecule has 1 N–H and O–H groups in total. The summed E-state index contributed by atoms with van der Waals surface area (Å²) in [5.74, 6) is 0.670. The summed E-state index contributed by atoms with van der Waals surface area (Å²) in [5, 5.41) is 8.58. The number of nitrogens with one attached hydrogen (secondary N) is 1. The number of aromatic nitrogens is 2. The number of aryl methyl sites for hydroxylation is 1. The number of halogens is 1. The molecular weight excluding hydrogens is 286 g/mol. The molecule has 1 aromatic heterocycles. The van der Waals surface area contributed by atoms with Crippen molar-refractivity contribution in [3.05, 3.63) is 40.7 Å². The molecule has 0 atom stereocenters. The zero-order chi connectivity index (χ0) is 15.6. The molecule has 0 aliphatic rings. The Hall–Kier alpha value is -1.68. The Labute approximate surface area is 131 Å². The van der Waals surface area contributed by atoms with Crippen LogP contribution in [0.15, 0.2) is 24.4 Å². The van der Waals surface area contributed by atoms with Gasteiger partial charge in [-0.3, -0.25) is 4.68 Å². The van der Waals surface area contributed by atoms with E-state index in [0.717, 1.165) is 11.4 Å². The average Bonchev–Trinajstić information content (AvgIpc) is 2.79. The minimum Gasteiger partial charge on any atom is -0.495 e. The fourth-order valence-electron chi connectivity index (χ4n) is 2.27. The lowest BCUT2D eigenvalue weighted by Crippen LogP contribution is -2.16. The Morgan fingerprint density at radius 2 is 2.05 bits per heavy atom. The fourth-order valence-corrected chi connectivity index (χ4v) is 2.46. The van der Waals surface area contributed by atoms with Gasteiger partial charge in [-0.1, -0.05) is 32.4 Å². The van der Waals surface area contributed by atoms with Crippen molar-refractivity contribution in [3.8, 4) is 5.75 Å². The Morgan fingerprint density at radius 3 is 2.67 bits per heavy atom. The molecule has 0 aliphatic carbocycles. The third-order valence-corrected chi connectivity index (χ3v) is 3.56. The standard InChI is InChI=1S/C16H22ClN3O/c1-16(2,3)15-11(10-20(4)19-15)9-18-12-6-7-13(17)14(8-12)21-5/h6-8,10,18H,9H2,1-5H3. The van der Waals surface area contributed by atoms with Crippen molar-refractivity contribution in [2.45, 2.75) is 32.7 Å². The van der Waals surface area contributed by atoms with Crippen LogP contribution in [0.3, 0.4) is 0 Å². The topological polar surface area (TPSA) is 39.1 Å². The van der Waals surface area contributed by atoms with Crippen LogP contribution < -0.4 is 10.1 Å². The predicted octanol–water partition coefficient (Wildman–Crippen LogP) is 3.99. The largest absolute Gasteiger partial charge is 0.495 e. The highest BCUT2D eigenvalue weighted by Crippen LogP contribution is 2.28. The van der Waals surface area contributed by atoms with Crippen molar-refractivity contribution < 1.29 is 4.74 Å². The van der Waals surface area contributed by atoms with Gasteiger partial charge in [0.2, 0.25) is 0 Å². The van der Waals surface area contributed by atoms with Gasteiger partial charge in [0, 0.05) is 42.5 Å². The van der Waals surface area contributed by atoms with Gasteiger partial charge < -0.3 is 10.1 Å². The van der Waals surface area contributed by atoms with E-state index in [1.165, 1.54) is 5.56 Å². The van der Waals surface area contributed by atoms with E-state index in [1.54, 1.807) is 7.11 Å². The van der Waals surface area contributed by atoms with Crippen molar-refractivity contribution in [2.75, 3.05) is 12.4 Å². The first-order chi connectivity index (χ1) is 9.81.